The fourth-order valence-electron chi connectivity index (χ4n) is 4.80. The van der Waals surface area contributed by atoms with Crippen LogP contribution >= 0.6 is 0 Å². The number of aliphatic hydroxyl groups is 1. The maximum atomic E-state index is 13.5. The zero-order valence-corrected chi connectivity index (χ0v) is 26.4. The molecule has 4 atom stereocenters. The monoisotopic (exact) mass is 641 g/mol. The molecule has 3 aromatic rings. The molecule has 3 rings (SSSR count). The van der Waals surface area contributed by atoms with Gasteiger partial charge in [-0.1, -0.05) is 103 Å². The Labute approximate surface area is 275 Å². The number of aliphatic hydroxyl groups excluding tert-OH is 1. The molecule has 0 radical (unpaired) electrons. The third-order valence-corrected chi connectivity index (χ3v) is 7.27. The Hall–Kier alpha value is -5.22. The van der Waals surface area contributed by atoms with E-state index in [1.54, 1.807) is 30.3 Å². The van der Waals surface area contributed by atoms with Crippen LogP contribution in [0.4, 0.5) is 4.79 Å². The van der Waals surface area contributed by atoms with Crippen LogP contribution < -0.4 is 16.0 Å². The number of hydrogen-bond acceptors (Lipinski definition) is 7. The molecule has 0 aliphatic heterocycles. The lowest BCUT2D eigenvalue weighted by atomic mass is 9.97. The maximum Gasteiger partial charge on any atom is 0.408 e. The summed E-state index contributed by atoms with van der Waals surface area (Å²) in [4.78, 5) is 51.9. The number of hydrogen-bond donors (Lipinski definition) is 4. The van der Waals surface area contributed by atoms with Crippen molar-refractivity contribution in [2.24, 2.45) is 5.92 Å². The van der Waals surface area contributed by atoms with Crippen molar-refractivity contribution in [1.29, 1.82) is 0 Å². The lowest BCUT2D eigenvalue weighted by molar-refractivity contribution is -0.147. The van der Waals surface area contributed by atoms with E-state index in [2.05, 4.69) is 29.1 Å². The summed E-state index contributed by atoms with van der Waals surface area (Å²) in [6.07, 6.45) is 2.87. The van der Waals surface area contributed by atoms with E-state index in [1.807, 2.05) is 66.7 Å². The SMILES string of the molecule is C=CCC(CC(=O)NC(CO)Cc1ccccc1)C(=O)NC(COC(=O)C(CC=C)NC(=O)OCc1ccccc1)c1ccccc1. The number of allylic oxidation sites excluding steroid dienone is 1. The molecule has 248 valence electrons. The summed E-state index contributed by atoms with van der Waals surface area (Å²) >= 11 is 0. The van der Waals surface area contributed by atoms with E-state index in [4.69, 9.17) is 9.47 Å². The van der Waals surface area contributed by atoms with Crippen LogP contribution in [0, 0.1) is 5.92 Å². The minimum atomic E-state index is -1.06. The van der Waals surface area contributed by atoms with E-state index in [9.17, 15) is 24.3 Å². The molecule has 3 aromatic carbocycles. The van der Waals surface area contributed by atoms with E-state index in [0.29, 0.717) is 12.0 Å². The van der Waals surface area contributed by atoms with E-state index < -0.39 is 42.0 Å². The van der Waals surface area contributed by atoms with Crippen molar-refractivity contribution in [3.8, 4) is 0 Å². The third-order valence-electron chi connectivity index (χ3n) is 7.27. The molecule has 0 saturated heterocycles. The molecule has 0 aliphatic carbocycles. The van der Waals surface area contributed by atoms with E-state index in [1.165, 1.54) is 6.08 Å². The number of amides is 3. The molecule has 0 fully saturated rings. The van der Waals surface area contributed by atoms with Crippen molar-refractivity contribution in [3.63, 3.8) is 0 Å². The largest absolute Gasteiger partial charge is 0.462 e. The summed E-state index contributed by atoms with van der Waals surface area (Å²) in [5, 5.41) is 18.1. The second-order valence-corrected chi connectivity index (χ2v) is 10.9. The zero-order valence-electron chi connectivity index (χ0n) is 26.4. The summed E-state index contributed by atoms with van der Waals surface area (Å²) < 4.78 is 10.8. The van der Waals surface area contributed by atoms with Gasteiger partial charge in [0.1, 0.15) is 19.3 Å². The van der Waals surface area contributed by atoms with Crippen LogP contribution in [0.1, 0.15) is 42.0 Å². The summed E-state index contributed by atoms with van der Waals surface area (Å²) in [5.74, 6) is -2.31. The van der Waals surface area contributed by atoms with Crippen molar-refractivity contribution in [2.75, 3.05) is 13.2 Å². The second kappa shape index (κ2) is 20.0. The number of carbonyl (C=O) groups is 4. The number of rotatable bonds is 19. The normalized spacial score (nSPS) is 13.1. The summed E-state index contributed by atoms with van der Waals surface area (Å²) in [5.41, 5.74) is 2.43. The molecule has 4 N–H and O–H groups in total. The summed E-state index contributed by atoms with van der Waals surface area (Å²) in [6.45, 7) is 6.93. The fraction of sp³-hybridized carbons (Fsp3) is 0.297. The third kappa shape index (κ3) is 13.0. The highest BCUT2D eigenvalue weighted by Gasteiger charge is 2.27. The number of alkyl carbamates (subject to hydrolysis) is 1. The number of ether oxygens (including phenoxy) is 2. The first-order valence-corrected chi connectivity index (χ1v) is 15.5. The van der Waals surface area contributed by atoms with Gasteiger partial charge in [-0.2, -0.15) is 0 Å². The minimum absolute atomic E-state index is 0.0300. The van der Waals surface area contributed by atoms with Crippen LogP contribution in [-0.4, -0.2) is 54.3 Å². The molecule has 0 saturated carbocycles. The molecule has 0 heterocycles. The highest BCUT2D eigenvalue weighted by molar-refractivity contribution is 5.86. The van der Waals surface area contributed by atoms with Gasteiger partial charge in [0.2, 0.25) is 11.8 Å². The first kappa shape index (κ1) is 36.3. The molecule has 47 heavy (non-hydrogen) atoms. The first-order valence-electron chi connectivity index (χ1n) is 15.5. The molecular weight excluding hydrogens is 598 g/mol. The predicted octanol–water partition coefficient (Wildman–Crippen LogP) is 4.56. The van der Waals surface area contributed by atoms with Crippen LogP contribution in [-0.2, 0) is 36.9 Å². The topological polar surface area (TPSA) is 143 Å². The van der Waals surface area contributed by atoms with Gasteiger partial charge in [0.15, 0.2) is 0 Å². The van der Waals surface area contributed by atoms with Gasteiger partial charge >= 0.3 is 12.1 Å². The molecule has 0 bridgehead atoms. The van der Waals surface area contributed by atoms with Crippen molar-refractivity contribution in [3.05, 3.63) is 133 Å². The van der Waals surface area contributed by atoms with Crippen LogP contribution in [0.15, 0.2) is 116 Å². The van der Waals surface area contributed by atoms with Gasteiger partial charge in [-0.15, -0.1) is 13.2 Å². The Morgan fingerprint density at radius 2 is 1.34 bits per heavy atom. The van der Waals surface area contributed by atoms with E-state index in [0.717, 1.165) is 11.1 Å². The zero-order chi connectivity index (χ0) is 33.9. The van der Waals surface area contributed by atoms with E-state index >= 15 is 0 Å². The molecule has 10 heteroatoms. The van der Waals surface area contributed by atoms with E-state index in [-0.39, 0.29) is 45.0 Å². The van der Waals surface area contributed by atoms with Gasteiger partial charge in [-0.3, -0.25) is 9.59 Å². The van der Waals surface area contributed by atoms with Crippen molar-refractivity contribution in [2.45, 2.75) is 50.4 Å². The molecule has 0 aromatic heterocycles. The van der Waals surface area contributed by atoms with Gasteiger partial charge < -0.3 is 30.5 Å². The Balaban J connectivity index is 1.62. The molecule has 10 nitrogen and oxygen atoms in total. The Kier molecular flexibility index (Phi) is 15.4. The summed E-state index contributed by atoms with van der Waals surface area (Å²) in [6, 6.07) is 25.2. The average Bonchev–Trinajstić information content (AvgIpc) is 3.09. The van der Waals surface area contributed by atoms with Crippen LogP contribution in [0.3, 0.4) is 0 Å². The fourth-order valence-corrected chi connectivity index (χ4v) is 4.80. The van der Waals surface area contributed by atoms with Crippen molar-refractivity contribution >= 4 is 23.9 Å². The highest BCUT2D eigenvalue weighted by Crippen LogP contribution is 2.18. The standard InChI is InChI=1S/C37H43N3O7/c1-3-14-30(23-34(42)38-31(24-41)22-27-16-8-5-9-17-27)35(43)39-33(29-20-12-7-13-21-29)26-46-36(44)32(15-4-2)40-37(45)47-25-28-18-10-6-11-19-28/h3-13,16-21,30-33,41H,1-2,14-15,22-26H2,(H,38,42)(H,39,43)(H,40,45). The quantitative estimate of drug-likeness (QED) is 0.111. The minimum Gasteiger partial charge on any atom is -0.462 e. The highest BCUT2D eigenvalue weighted by atomic mass is 16.6. The number of esters is 1. The number of nitrogens with one attached hydrogen (secondary N) is 3. The van der Waals surface area contributed by atoms with Crippen molar-refractivity contribution < 1.29 is 33.8 Å². The lowest BCUT2D eigenvalue weighted by Crippen LogP contribution is -2.44. The molecular formula is C37H43N3O7. The van der Waals surface area contributed by atoms with Crippen LogP contribution in [0.25, 0.3) is 0 Å². The molecule has 4 unspecified atom stereocenters. The van der Waals surface area contributed by atoms with Gasteiger partial charge in [-0.25, -0.2) is 9.59 Å². The van der Waals surface area contributed by atoms with Crippen LogP contribution in [0.5, 0.6) is 0 Å². The van der Waals surface area contributed by atoms with Gasteiger partial charge in [-0.05, 0) is 36.0 Å². The first-order chi connectivity index (χ1) is 22.8. The lowest BCUT2D eigenvalue weighted by Gasteiger charge is -2.24. The average molecular weight is 642 g/mol. The molecule has 3 amide bonds. The smallest absolute Gasteiger partial charge is 0.408 e. The van der Waals surface area contributed by atoms with Crippen molar-refractivity contribution in [1.82, 2.24) is 16.0 Å². The predicted molar refractivity (Wildman–Crippen MR) is 179 cm³/mol. The number of carbonyl (C=O) groups excluding carboxylic acids is 4. The Morgan fingerprint density at radius 1 is 0.745 bits per heavy atom. The second-order valence-electron chi connectivity index (χ2n) is 10.9. The van der Waals surface area contributed by atoms with Crippen LogP contribution in [0.2, 0.25) is 0 Å². The maximum absolute atomic E-state index is 13.5. The Bertz CT molecular complexity index is 1430. The van der Waals surface area contributed by atoms with Gasteiger partial charge in [0, 0.05) is 6.42 Å². The van der Waals surface area contributed by atoms with Gasteiger partial charge in [0.05, 0.1) is 24.6 Å². The Morgan fingerprint density at radius 3 is 1.94 bits per heavy atom. The molecule has 0 spiro atoms. The summed E-state index contributed by atoms with van der Waals surface area (Å²) in [7, 11) is 0. The number of benzene rings is 3. The molecule has 0 aliphatic rings. The van der Waals surface area contributed by atoms with Gasteiger partial charge in [0.25, 0.3) is 0 Å².